The molecule has 0 saturated heterocycles. The lowest BCUT2D eigenvalue weighted by Crippen LogP contribution is -2.37. The highest BCUT2D eigenvalue weighted by Crippen LogP contribution is 2.26. The number of nitrogens with zero attached hydrogens (tertiary/aromatic N) is 1. The number of benzene rings is 2. The third-order valence-corrected chi connectivity index (χ3v) is 3.87. The van der Waals surface area contributed by atoms with E-state index in [0.717, 1.165) is 16.7 Å². The quantitative estimate of drug-likeness (QED) is 0.561. The summed E-state index contributed by atoms with van der Waals surface area (Å²) in [5.74, 6) is 0. The molecule has 0 aliphatic heterocycles. The molecule has 0 aliphatic rings. The number of rotatable bonds is 8. The third-order valence-electron chi connectivity index (χ3n) is 3.63. The van der Waals surface area contributed by atoms with Gasteiger partial charge in [-0.3, -0.25) is 4.90 Å². The van der Waals surface area contributed by atoms with Gasteiger partial charge in [0.1, 0.15) is 13.5 Å². The number of hydrogen-bond acceptors (Lipinski definition) is 5. The maximum Gasteiger partial charge on any atom is 0.488 e. The molecule has 0 fully saturated rings. The van der Waals surface area contributed by atoms with Gasteiger partial charge in [0.25, 0.3) is 0 Å². The van der Waals surface area contributed by atoms with Crippen molar-refractivity contribution in [2.75, 3.05) is 27.7 Å². The van der Waals surface area contributed by atoms with E-state index in [0.29, 0.717) is 30.5 Å². The van der Waals surface area contributed by atoms with Crippen molar-refractivity contribution in [1.29, 1.82) is 0 Å². The van der Waals surface area contributed by atoms with Crippen LogP contribution in [0.15, 0.2) is 42.5 Å². The molecule has 2 aromatic carbocycles. The van der Waals surface area contributed by atoms with Crippen LogP contribution in [0.2, 0.25) is 5.02 Å². The first-order valence-electron chi connectivity index (χ1n) is 7.51. The molecule has 0 saturated carbocycles. The number of hydrogen-bond donors (Lipinski definition) is 2. The van der Waals surface area contributed by atoms with Crippen molar-refractivity contribution in [3.05, 3.63) is 53.1 Å². The zero-order chi connectivity index (χ0) is 17.5. The molecule has 0 unspecified atom stereocenters. The van der Waals surface area contributed by atoms with Crippen LogP contribution in [0, 0.1) is 0 Å². The Hall–Kier alpha value is -1.41. The predicted molar refractivity (Wildman–Crippen MR) is 96.0 cm³/mol. The number of ether oxygens (including phenoxy) is 2. The van der Waals surface area contributed by atoms with Crippen molar-refractivity contribution >= 4 is 24.2 Å². The Morgan fingerprint density at radius 2 is 1.71 bits per heavy atom. The molecular weight excluding hydrogens is 328 g/mol. The summed E-state index contributed by atoms with van der Waals surface area (Å²) in [5.41, 5.74) is 3.05. The van der Waals surface area contributed by atoms with Crippen LogP contribution in [-0.4, -0.2) is 49.7 Å². The van der Waals surface area contributed by atoms with E-state index in [1.54, 1.807) is 32.4 Å². The lowest BCUT2D eigenvalue weighted by Gasteiger charge is -2.24. The number of halogens is 1. The van der Waals surface area contributed by atoms with Gasteiger partial charge in [-0.15, -0.1) is 0 Å². The Kier molecular flexibility index (Phi) is 7.24. The minimum Gasteiger partial charge on any atom is -0.423 e. The van der Waals surface area contributed by atoms with Gasteiger partial charge >= 0.3 is 7.12 Å². The molecule has 5 nitrogen and oxygen atoms in total. The lowest BCUT2D eigenvalue weighted by molar-refractivity contribution is -0.0183. The smallest absolute Gasteiger partial charge is 0.423 e. The molecule has 24 heavy (non-hydrogen) atoms. The van der Waals surface area contributed by atoms with Crippen LogP contribution in [0.3, 0.4) is 0 Å². The highest BCUT2D eigenvalue weighted by molar-refractivity contribution is 6.59. The largest absolute Gasteiger partial charge is 0.488 e. The van der Waals surface area contributed by atoms with Crippen molar-refractivity contribution in [1.82, 2.24) is 4.90 Å². The summed E-state index contributed by atoms with van der Waals surface area (Å²) < 4.78 is 10.4. The molecule has 0 radical (unpaired) electrons. The van der Waals surface area contributed by atoms with E-state index in [9.17, 15) is 10.0 Å². The van der Waals surface area contributed by atoms with E-state index in [1.807, 2.05) is 29.2 Å². The Morgan fingerprint density at radius 3 is 2.29 bits per heavy atom. The van der Waals surface area contributed by atoms with Gasteiger partial charge in [0, 0.05) is 25.8 Å². The summed E-state index contributed by atoms with van der Waals surface area (Å²) in [6, 6.07) is 12.9. The maximum absolute atomic E-state index is 9.75. The first-order chi connectivity index (χ1) is 11.6. The minimum absolute atomic E-state index is 0.360. The molecule has 2 N–H and O–H groups in total. The molecule has 0 bridgehead atoms. The van der Waals surface area contributed by atoms with Gasteiger partial charge in [0.05, 0.1) is 0 Å². The van der Waals surface area contributed by atoms with E-state index in [4.69, 9.17) is 21.1 Å². The van der Waals surface area contributed by atoms with Crippen LogP contribution in [-0.2, 0) is 16.0 Å². The highest BCUT2D eigenvalue weighted by Gasteiger charge is 2.21. The molecule has 2 aromatic rings. The SMILES string of the molecule is COCN(COC)Cc1c(B(O)O)cccc1-c1cccc(Cl)c1. The molecule has 7 heteroatoms. The van der Waals surface area contributed by atoms with Crippen molar-refractivity contribution in [3.63, 3.8) is 0 Å². The molecule has 0 heterocycles. The van der Waals surface area contributed by atoms with E-state index in [1.165, 1.54) is 0 Å². The minimum atomic E-state index is -1.56. The second kappa shape index (κ2) is 9.18. The Bertz CT molecular complexity index is 663. The maximum atomic E-state index is 9.75. The molecule has 0 aliphatic carbocycles. The third kappa shape index (κ3) is 4.80. The van der Waals surface area contributed by atoms with E-state index < -0.39 is 7.12 Å². The van der Waals surface area contributed by atoms with Gasteiger partial charge in [0.15, 0.2) is 0 Å². The van der Waals surface area contributed by atoms with Gasteiger partial charge < -0.3 is 19.5 Å². The zero-order valence-electron chi connectivity index (χ0n) is 13.8. The molecule has 0 spiro atoms. The van der Waals surface area contributed by atoms with Gasteiger partial charge in [0.2, 0.25) is 0 Å². The highest BCUT2D eigenvalue weighted by atomic mass is 35.5. The summed E-state index contributed by atoms with van der Waals surface area (Å²) in [6.07, 6.45) is 0. The van der Waals surface area contributed by atoms with E-state index in [2.05, 4.69) is 0 Å². The topological polar surface area (TPSA) is 62.2 Å². The van der Waals surface area contributed by atoms with Gasteiger partial charge in [-0.2, -0.15) is 0 Å². The van der Waals surface area contributed by atoms with E-state index >= 15 is 0 Å². The van der Waals surface area contributed by atoms with Crippen LogP contribution in [0.4, 0.5) is 0 Å². The van der Waals surface area contributed by atoms with Crippen LogP contribution >= 0.6 is 11.6 Å². The summed E-state index contributed by atoms with van der Waals surface area (Å²) in [5, 5.41) is 20.1. The van der Waals surface area contributed by atoms with Gasteiger partial charge in [-0.05, 0) is 34.3 Å². The Morgan fingerprint density at radius 1 is 1.04 bits per heavy atom. The van der Waals surface area contributed by atoms with Gasteiger partial charge in [-0.1, -0.05) is 41.9 Å². The van der Waals surface area contributed by atoms with Crippen molar-refractivity contribution < 1.29 is 19.5 Å². The summed E-state index contributed by atoms with van der Waals surface area (Å²) in [4.78, 5) is 1.91. The molecule has 0 amide bonds. The first kappa shape index (κ1) is 18.9. The second-order valence-electron chi connectivity index (χ2n) is 5.42. The second-order valence-corrected chi connectivity index (χ2v) is 5.86. The van der Waals surface area contributed by atoms with Crippen LogP contribution < -0.4 is 5.46 Å². The first-order valence-corrected chi connectivity index (χ1v) is 7.88. The van der Waals surface area contributed by atoms with Crippen LogP contribution in [0.25, 0.3) is 11.1 Å². The average molecular weight is 350 g/mol. The van der Waals surface area contributed by atoms with E-state index in [-0.39, 0.29) is 0 Å². The van der Waals surface area contributed by atoms with Crippen LogP contribution in [0.1, 0.15) is 5.56 Å². The predicted octanol–water partition coefficient (Wildman–Crippen LogP) is 1.70. The van der Waals surface area contributed by atoms with Gasteiger partial charge in [-0.25, -0.2) is 0 Å². The zero-order valence-corrected chi connectivity index (χ0v) is 14.5. The fraction of sp³-hybridized carbons (Fsp3) is 0.294. The standard InChI is InChI=1S/C17H21BClNO4/c1-23-11-20(12-24-2)10-16-15(7-4-8-17(16)18(21)22)13-5-3-6-14(19)9-13/h3-9,21-22H,10-12H2,1-2H3. The molecule has 128 valence electrons. The van der Waals surface area contributed by atoms with Crippen molar-refractivity contribution in [3.8, 4) is 11.1 Å². The molecular formula is C17H21BClNO4. The summed E-state index contributed by atoms with van der Waals surface area (Å²) >= 11 is 6.11. The monoisotopic (exact) mass is 349 g/mol. The molecule has 0 atom stereocenters. The Labute approximate surface area is 147 Å². The fourth-order valence-corrected chi connectivity index (χ4v) is 2.86. The normalized spacial score (nSPS) is 11.1. The van der Waals surface area contributed by atoms with Crippen molar-refractivity contribution in [2.24, 2.45) is 0 Å². The molecule has 0 aromatic heterocycles. The Balaban J connectivity index is 2.49. The van der Waals surface area contributed by atoms with Crippen molar-refractivity contribution in [2.45, 2.75) is 6.54 Å². The summed E-state index contributed by atoms with van der Waals surface area (Å²) in [6.45, 7) is 1.16. The fourth-order valence-electron chi connectivity index (χ4n) is 2.67. The molecule has 2 rings (SSSR count). The average Bonchev–Trinajstić information content (AvgIpc) is 2.55. The number of methoxy groups -OCH3 is 2. The summed E-state index contributed by atoms with van der Waals surface area (Å²) in [7, 11) is 1.65. The lowest BCUT2D eigenvalue weighted by atomic mass is 9.74. The van der Waals surface area contributed by atoms with Crippen LogP contribution in [0.5, 0.6) is 0 Å².